The van der Waals surface area contributed by atoms with E-state index in [0.717, 1.165) is 0 Å². The topological polar surface area (TPSA) is 68.5 Å². The molecule has 1 N–H and O–H groups in total. The van der Waals surface area contributed by atoms with Gasteiger partial charge in [-0.25, -0.2) is 4.39 Å². The molecule has 22 heavy (non-hydrogen) atoms. The minimum absolute atomic E-state index is 0.0860. The van der Waals surface area contributed by atoms with Crippen molar-refractivity contribution in [2.75, 3.05) is 11.9 Å². The van der Waals surface area contributed by atoms with Crippen molar-refractivity contribution in [2.45, 2.75) is 0 Å². The zero-order valence-electron chi connectivity index (χ0n) is 11.2. The molecule has 3 rings (SSSR count). The maximum atomic E-state index is 13.6. The van der Waals surface area contributed by atoms with Crippen LogP contribution >= 0.6 is 15.9 Å². The molecule has 3 aromatic rings. The van der Waals surface area contributed by atoms with Crippen LogP contribution < -0.4 is 10.1 Å². The monoisotopic (exact) mass is 364 g/mol. The molecule has 0 bridgehead atoms. The molecule has 2 heterocycles. The predicted molar refractivity (Wildman–Crippen MR) is 81.2 cm³/mol. The van der Waals surface area contributed by atoms with Crippen molar-refractivity contribution in [1.82, 2.24) is 14.6 Å². The van der Waals surface area contributed by atoms with Crippen molar-refractivity contribution in [1.29, 1.82) is 0 Å². The first-order valence-electron chi connectivity index (χ1n) is 6.31. The van der Waals surface area contributed by atoms with Gasteiger partial charge in [-0.3, -0.25) is 9.20 Å². The highest BCUT2D eigenvalue weighted by Gasteiger charge is 2.11. The van der Waals surface area contributed by atoms with Crippen molar-refractivity contribution < 1.29 is 13.9 Å². The number of anilines is 1. The van der Waals surface area contributed by atoms with Crippen LogP contribution in [-0.2, 0) is 4.79 Å². The number of ether oxygens (including phenoxy) is 1. The van der Waals surface area contributed by atoms with E-state index >= 15 is 0 Å². The lowest BCUT2D eigenvalue weighted by Gasteiger charge is -2.07. The number of halogens is 2. The lowest BCUT2D eigenvalue weighted by molar-refractivity contribution is -0.118. The second kappa shape index (κ2) is 6.10. The van der Waals surface area contributed by atoms with Crippen molar-refractivity contribution in [3.63, 3.8) is 0 Å². The third-order valence-electron chi connectivity index (χ3n) is 2.82. The van der Waals surface area contributed by atoms with Gasteiger partial charge in [0.2, 0.25) is 0 Å². The summed E-state index contributed by atoms with van der Waals surface area (Å²) in [5, 5.41) is 10.2. The Labute approximate surface area is 133 Å². The molecule has 0 spiro atoms. The van der Waals surface area contributed by atoms with E-state index in [9.17, 15) is 9.18 Å². The molecule has 8 heteroatoms. The minimum atomic E-state index is -0.532. The summed E-state index contributed by atoms with van der Waals surface area (Å²) in [5.41, 5.74) is 0.694. The SMILES string of the molecule is O=C(COc1nnc2ccccn12)Nc1ccc(Br)cc1F. The number of nitrogens with zero attached hydrogens (tertiary/aromatic N) is 3. The molecule has 0 aliphatic carbocycles. The largest absolute Gasteiger partial charge is 0.453 e. The molecular formula is C14H10BrFN4O2. The standard InChI is InChI=1S/C14H10BrFN4O2/c15-9-4-5-11(10(16)7-9)17-13(21)8-22-14-19-18-12-3-1-2-6-20(12)14/h1-7H,8H2,(H,17,21). The number of hydrogen-bond donors (Lipinski definition) is 1. The lowest BCUT2D eigenvalue weighted by atomic mass is 10.3. The molecule has 0 fully saturated rings. The fraction of sp³-hybridized carbons (Fsp3) is 0.0714. The molecule has 0 aliphatic rings. The van der Waals surface area contributed by atoms with E-state index < -0.39 is 11.7 Å². The van der Waals surface area contributed by atoms with Crippen LogP contribution in [0, 0.1) is 5.82 Å². The summed E-state index contributed by atoms with van der Waals surface area (Å²) >= 11 is 3.15. The lowest BCUT2D eigenvalue weighted by Crippen LogP contribution is -2.21. The summed E-state index contributed by atoms with van der Waals surface area (Å²) < 4.78 is 21.1. The van der Waals surface area contributed by atoms with Gasteiger partial charge in [-0.2, -0.15) is 0 Å². The second-order valence-corrected chi connectivity index (χ2v) is 5.29. The molecule has 0 saturated heterocycles. The molecule has 1 aromatic carbocycles. The Morgan fingerprint density at radius 3 is 3.00 bits per heavy atom. The Morgan fingerprint density at radius 1 is 1.32 bits per heavy atom. The van der Waals surface area contributed by atoms with Crippen LogP contribution in [-0.4, -0.2) is 27.1 Å². The molecular weight excluding hydrogens is 355 g/mol. The van der Waals surface area contributed by atoms with Crippen molar-refractivity contribution in [2.24, 2.45) is 0 Å². The zero-order chi connectivity index (χ0) is 15.5. The van der Waals surface area contributed by atoms with Gasteiger partial charge >= 0.3 is 6.01 Å². The number of nitrogens with one attached hydrogen (secondary N) is 1. The summed E-state index contributed by atoms with van der Waals surface area (Å²) in [6.45, 7) is -0.300. The Hall–Kier alpha value is -2.48. The van der Waals surface area contributed by atoms with Crippen LogP contribution in [0.4, 0.5) is 10.1 Å². The molecule has 0 aliphatic heterocycles. The van der Waals surface area contributed by atoms with Crippen LogP contribution in [0.1, 0.15) is 0 Å². The van der Waals surface area contributed by atoms with Gasteiger partial charge in [0, 0.05) is 10.7 Å². The van der Waals surface area contributed by atoms with E-state index in [-0.39, 0.29) is 18.3 Å². The van der Waals surface area contributed by atoms with Gasteiger partial charge in [0.15, 0.2) is 12.3 Å². The quantitative estimate of drug-likeness (QED) is 0.772. The average Bonchev–Trinajstić information content (AvgIpc) is 2.91. The van der Waals surface area contributed by atoms with Gasteiger partial charge in [-0.15, -0.1) is 5.10 Å². The van der Waals surface area contributed by atoms with Crippen LogP contribution in [0.2, 0.25) is 0 Å². The van der Waals surface area contributed by atoms with E-state index in [0.29, 0.717) is 10.1 Å². The van der Waals surface area contributed by atoms with Gasteiger partial charge in [-0.1, -0.05) is 27.1 Å². The normalized spacial score (nSPS) is 10.6. The number of carbonyl (C=O) groups excluding carboxylic acids is 1. The third-order valence-corrected chi connectivity index (χ3v) is 3.31. The average molecular weight is 365 g/mol. The first-order chi connectivity index (χ1) is 10.6. The van der Waals surface area contributed by atoms with Crippen molar-refractivity contribution in [3.8, 4) is 6.01 Å². The van der Waals surface area contributed by atoms with Gasteiger partial charge in [0.05, 0.1) is 5.69 Å². The molecule has 1 amide bonds. The number of hydrogen-bond acceptors (Lipinski definition) is 4. The third kappa shape index (κ3) is 3.06. The highest BCUT2D eigenvalue weighted by atomic mass is 79.9. The van der Waals surface area contributed by atoms with E-state index in [1.165, 1.54) is 12.1 Å². The van der Waals surface area contributed by atoms with Gasteiger partial charge in [-0.05, 0) is 30.3 Å². The smallest absolute Gasteiger partial charge is 0.322 e. The van der Waals surface area contributed by atoms with E-state index in [1.54, 1.807) is 28.8 Å². The number of aromatic nitrogens is 3. The van der Waals surface area contributed by atoms with Gasteiger partial charge in [0.25, 0.3) is 5.91 Å². The molecule has 0 atom stereocenters. The number of amides is 1. The van der Waals surface area contributed by atoms with Crippen LogP contribution in [0.3, 0.4) is 0 Å². The molecule has 0 unspecified atom stereocenters. The Balaban J connectivity index is 1.65. The number of carbonyl (C=O) groups is 1. The molecule has 2 aromatic heterocycles. The Kier molecular flexibility index (Phi) is 4.01. The number of rotatable bonds is 4. The van der Waals surface area contributed by atoms with Crippen molar-refractivity contribution >= 4 is 33.2 Å². The first-order valence-corrected chi connectivity index (χ1v) is 7.10. The van der Waals surface area contributed by atoms with Crippen LogP contribution in [0.15, 0.2) is 47.1 Å². The van der Waals surface area contributed by atoms with Crippen LogP contribution in [0.25, 0.3) is 5.65 Å². The van der Waals surface area contributed by atoms with E-state index in [4.69, 9.17) is 4.74 Å². The predicted octanol–water partition coefficient (Wildman–Crippen LogP) is 2.65. The summed E-state index contributed by atoms with van der Waals surface area (Å²) in [4.78, 5) is 11.8. The summed E-state index contributed by atoms with van der Waals surface area (Å²) in [5.74, 6) is -1.02. The second-order valence-electron chi connectivity index (χ2n) is 4.37. The highest BCUT2D eigenvalue weighted by molar-refractivity contribution is 9.10. The van der Waals surface area contributed by atoms with Crippen LogP contribution in [0.5, 0.6) is 6.01 Å². The number of benzene rings is 1. The highest BCUT2D eigenvalue weighted by Crippen LogP contribution is 2.19. The maximum absolute atomic E-state index is 13.6. The Bertz CT molecular complexity index is 837. The minimum Gasteiger partial charge on any atom is -0.453 e. The molecule has 0 radical (unpaired) electrons. The van der Waals surface area contributed by atoms with E-state index in [2.05, 4.69) is 31.4 Å². The van der Waals surface area contributed by atoms with Crippen molar-refractivity contribution in [3.05, 3.63) is 52.9 Å². The summed E-state index contributed by atoms with van der Waals surface area (Å²) in [6.07, 6.45) is 1.72. The maximum Gasteiger partial charge on any atom is 0.322 e. The molecule has 112 valence electrons. The summed E-state index contributed by atoms with van der Waals surface area (Å²) in [6, 6.07) is 9.92. The fourth-order valence-corrected chi connectivity index (χ4v) is 2.16. The number of fused-ring (bicyclic) bond motifs is 1. The fourth-order valence-electron chi connectivity index (χ4n) is 1.83. The van der Waals surface area contributed by atoms with E-state index in [1.807, 2.05) is 6.07 Å². The van der Waals surface area contributed by atoms with Gasteiger partial charge in [0.1, 0.15) is 5.82 Å². The first kappa shape index (κ1) is 14.5. The Morgan fingerprint density at radius 2 is 2.18 bits per heavy atom. The molecule has 6 nitrogen and oxygen atoms in total. The molecule has 0 saturated carbocycles. The zero-order valence-corrected chi connectivity index (χ0v) is 12.7. The summed E-state index contributed by atoms with van der Waals surface area (Å²) in [7, 11) is 0. The van der Waals surface area contributed by atoms with Gasteiger partial charge < -0.3 is 10.1 Å². The number of pyridine rings is 1.